The smallest absolute Gasteiger partial charge is 0.374 e. The number of carbonyl (C=O) groups excluding carboxylic acids is 1. The Morgan fingerprint density at radius 3 is 1.86 bits per heavy atom. The first-order valence-electron chi connectivity index (χ1n) is 8.25. The van der Waals surface area contributed by atoms with Crippen molar-refractivity contribution in [3.8, 4) is 0 Å². The summed E-state index contributed by atoms with van der Waals surface area (Å²) in [6, 6.07) is 0. The van der Waals surface area contributed by atoms with E-state index < -0.39 is 20.2 Å². The molecule has 0 aliphatic rings. The molecule has 2 N–H and O–H groups in total. The third-order valence-electron chi connectivity index (χ3n) is 3.30. The van der Waals surface area contributed by atoms with E-state index in [1.54, 1.807) is 0 Å². The van der Waals surface area contributed by atoms with E-state index in [0.29, 0.717) is 6.61 Å². The first-order chi connectivity index (χ1) is 10.5. The summed E-state index contributed by atoms with van der Waals surface area (Å²) >= 11 is 0. The van der Waals surface area contributed by atoms with Gasteiger partial charge in [0.1, 0.15) is 13.2 Å². The van der Waals surface area contributed by atoms with Crippen molar-refractivity contribution in [1.82, 2.24) is 0 Å². The van der Waals surface area contributed by atoms with Crippen LogP contribution in [-0.4, -0.2) is 35.4 Å². The molecule has 0 aromatic heterocycles. The van der Waals surface area contributed by atoms with Gasteiger partial charge in [-0.15, -0.1) is 0 Å². The monoisotopic (exact) mass is 338 g/mol. The third kappa shape index (κ3) is 17.8. The number of hydrogen-bond acceptors (Lipinski definition) is 4. The zero-order valence-electron chi connectivity index (χ0n) is 13.7. The first-order valence-corrected chi connectivity index (χ1v) is 9.78. The number of hydrogen-bond donors (Lipinski definition) is 2. The van der Waals surface area contributed by atoms with E-state index in [0.717, 1.165) is 12.8 Å². The Morgan fingerprint density at radius 2 is 1.36 bits per heavy atom. The lowest BCUT2D eigenvalue weighted by molar-refractivity contribution is -0.126. The fourth-order valence-corrected chi connectivity index (χ4v) is 2.39. The maximum Gasteiger partial charge on any atom is 0.470 e. The molecule has 0 spiro atoms. The van der Waals surface area contributed by atoms with Crippen LogP contribution < -0.4 is 0 Å². The summed E-state index contributed by atoms with van der Waals surface area (Å²) in [5.74, 6) is -0.463. The molecule has 0 aromatic carbocycles. The molecule has 0 aliphatic carbocycles. The molecular formula is C15H31O6P. The highest BCUT2D eigenvalue weighted by molar-refractivity contribution is 7.46. The van der Waals surface area contributed by atoms with E-state index in [4.69, 9.17) is 14.5 Å². The minimum atomic E-state index is -4.57. The Morgan fingerprint density at radius 1 is 0.864 bits per heavy atom. The lowest BCUT2D eigenvalue weighted by Crippen LogP contribution is -2.15. The molecular weight excluding hydrogens is 307 g/mol. The van der Waals surface area contributed by atoms with E-state index >= 15 is 0 Å². The summed E-state index contributed by atoms with van der Waals surface area (Å²) in [6.07, 6.45) is 12.4. The number of ketones is 1. The van der Waals surface area contributed by atoms with Gasteiger partial charge in [0.2, 0.25) is 0 Å². The van der Waals surface area contributed by atoms with Crippen molar-refractivity contribution < 1.29 is 28.4 Å². The molecule has 0 radical (unpaired) electrons. The Hall–Kier alpha value is -0.260. The standard InChI is InChI=1S/C15H31O6P/c1-2-3-4-5-6-7-8-9-10-11-12-20-13-15(16)14-21-22(17,18)19/h2-14H2,1H3,(H2,17,18,19). The molecule has 0 saturated carbocycles. The van der Waals surface area contributed by atoms with Crippen molar-refractivity contribution in [3.05, 3.63) is 0 Å². The summed E-state index contributed by atoms with van der Waals surface area (Å²) in [7, 11) is -4.57. The van der Waals surface area contributed by atoms with E-state index in [9.17, 15) is 9.36 Å². The zero-order chi connectivity index (χ0) is 16.7. The molecule has 0 bridgehead atoms. The summed E-state index contributed by atoms with van der Waals surface area (Å²) in [5, 5.41) is 0. The molecule has 0 atom stereocenters. The highest BCUT2D eigenvalue weighted by Gasteiger charge is 2.16. The fraction of sp³-hybridized carbons (Fsp3) is 0.933. The van der Waals surface area contributed by atoms with Crippen LogP contribution in [0.4, 0.5) is 0 Å². The van der Waals surface area contributed by atoms with Crippen LogP contribution in [0, 0.1) is 0 Å². The number of unbranched alkanes of at least 4 members (excludes halogenated alkanes) is 9. The quantitative estimate of drug-likeness (QED) is 0.330. The van der Waals surface area contributed by atoms with Crippen molar-refractivity contribution in [1.29, 1.82) is 0 Å². The highest BCUT2D eigenvalue weighted by Crippen LogP contribution is 2.35. The zero-order valence-corrected chi connectivity index (χ0v) is 14.6. The maximum absolute atomic E-state index is 11.2. The normalized spacial score (nSPS) is 11.8. The maximum atomic E-state index is 11.2. The first kappa shape index (κ1) is 21.7. The number of phosphoric ester groups is 1. The molecule has 0 aliphatic heterocycles. The van der Waals surface area contributed by atoms with Gasteiger partial charge >= 0.3 is 7.82 Å². The van der Waals surface area contributed by atoms with Gasteiger partial charge in [-0.2, -0.15) is 0 Å². The Kier molecular flexibility index (Phi) is 14.2. The molecule has 7 heteroatoms. The topological polar surface area (TPSA) is 93.1 Å². The molecule has 22 heavy (non-hydrogen) atoms. The van der Waals surface area contributed by atoms with Gasteiger partial charge in [0.15, 0.2) is 5.78 Å². The molecule has 6 nitrogen and oxygen atoms in total. The number of Topliss-reactive ketones (excluding diaryl/α,β-unsaturated/α-hetero) is 1. The Balaban J connectivity index is 3.20. The highest BCUT2D eigenvalue weighted by atomic mass is 31.2. The average molecular weight is 338 g/mol. The minimum Gasteiger partial charge on any atom is -0.374 e. The van der Waals surface area contributed by atoms with Crippen molar-refractivity contribution in [3.63, 3.8) is 0 Å². The third-order valence-corrected chi connectivity index (χ3v) is 3.76. The van der Waals surface area contributed by atoms with Gasteiger partial charge in [-0.3, -0.25) is 9.32 Å². The van der Waals surface area contributed by atoms with E-state index in [-0.39, 0.29) is 6.61 Å². The predicted octanol–water partition coefficient (Wildman–Crippen LogP) is 3.60. The van der Waals surface area contributed by atoms with Crippen LogP contribution in [-0.2, 0) is 18.6 Å². The lowest BCUT2D eigenvalue weighted by Gasteiger charge is -2.06. The van der Waals surface area contributed by atoms with Crippen LogP contribution in [0.15, 0.2) is 0 Å². The summed E-state index contributed by atoms with van der Waals surface area (Å²) in [6.45, 7) is 1.96. The van der Waals surface area contributed by atoms with Gasteiger partial charge in [0, 0.05) is 6.61 Å². The summed E-state index contributed by atoms with van der Waals surface area (Å²) in [4.78, 5) is 28.0. The predicted molar refractivity (Wildman–Crippen MR) is 85.7 cm³/mol. The van der Waals surface area contributed by atoms with Gasteiger partial charge in [-0.05, 0) is 6.42 Å². The molecule has 0 amide bonds. The summed E-state index contributed by atoms with van der Waals surface area (Å²) < 4.78 is 19.6. The van der Waals surface area contributed by atoms with Crippen LogP contribution in [0.2, 0.25) is 0 Å². The van der Waals surface area contributed by atoms with Crippen LogP contribution in [0.1, 0.15) is 71.1 Å². The van der Waals surface area contributed by atoms with Gasteiger partial charge < -0.3 is 14.5 Å². The van der Waals surface area contributed by atoms with Crippen molar-refractivity contribution in [2.45, 2.75) is 71.1 Å². The summed E-state index contributed by atoms with van der Waals surface area (Å²) in [5.41, 5.74) is 0. The second-order valence-electron chi connectivity index (χ2n) is 5.54. The number of phosphoric acid groups is 1. The SMILES string of the molecule is CCCCCCCCCCCCOCC(=O)COP(=O)(O)O. The molecule has 0 fully saturated rings. The molecule has 0 rings (SSSR count). The molecule has 132 valence electrons. The Labute approximate surface area is 133 Å². The molecule has 0 unspecified atom stereocenters. The van der Waals surface area contributed by atoms with Crippen molar-refractivity contribution in [2.24, 2.45) is 0 Å². The van der Waals surface area contributed by atoms with E-state index in [1.807, 2.05) is 0 Å². The van der Waals surface area contributed by atoms with Crippen LogP contribution in [0.3, 0.4) is 0 Å². The van der Waals surface area contributed by atoms with Gasteiger partial charge in [0.05, 0.1) is 0 Å². The van der Waals surface area contributed by atoms with Crippen LogP contribution in [0.5, 0.6) is 0 Å². The molecule has 0 saturated heterocycles. The second-order valence-corrected chi connectivity index (χ2v) is 6.78. The lowest BCUT2D eigenvalue weighted by atomic mass is 10.1. The van der Waals surface area contributed by atoms with Crippen molar-refractivity contribution in [2.75, 3.05) is 19.8 Å². The average Bonchev–Trinajstić information content (AvgIpc) is 2.45. The van der Waals surface area contributed by atoms with Gasteiger partial charge in [-0.1, -0.05) is 64.7 Å². The number of rotatable bonds is 16. The van der Waals surface area contributed by atoms with Crippen LogP contribution in [0.25, 0.3) is 0 Å². The Bertz CT molecular complexity index is 315. The minimum absolute atomic E-state index is 0.155. The van der Waals surface area contributed by atoms with Gasteiger partial charge in [0.25, 0.3) is 0 Å². The molecule has 0 heterocycles. The van der Waals surface area contributed by atoms with Gasteiger partial charge in [-0.25, -0.2) is 4.57 Å². The fourth-order valence-electron chi connectivity index (χ4n) is 2.08. The number of ether oxygens (including phenoxy) is 1. The van der Waals surface area contributed by atoms with E-state index in [2.05, 4.69) is 11.4 Å². The number of carbonyl (C=O) groups is 1. The van der Waals surface area contributed by atoms with Crippen LogP contribution >= 0.6 is 7.82 Å². The molecule has 0 aromatic rings. The largest absolute Gasteiger partial charge is 0.470 e. The van der Waals surface area contributed by atoms with E-state index in [1.165, 1.54) is 51.4 Å². The second kappa shape index (κ2) is 14.3. The van der Waals surface area contributed by atoms with Crippen molar-refractivity contribution >= 4 is 13.6 Å².